The molecule has 0 saturated carbocycles. The number of aliphatic carboxylic acids is 1. The highest BCUT2D eigenvalue weighted by molar-refractivity contribution is 5.87. The predicted molar refractivity (Wildman–Crippen MR) is 123 cm³/mol. The zero-order valence-electron chi connectivity index (χ0n) is 18.4. The number of aromatic nitrogens is 4. The number of carboxylic acid groups (broad SMARTS) is 1. The Balaban J connectivity index is 1.99. The number of pyridine rings is 1. The number of nitrogens with zero attached hydrogens (tertiary/aromatic N) is 4. The first-order valence-corrected chi connectivity index (χ1v) is 10.7. The molecule has 1 atom stereocenters. The van der Waals surface area contributed by atoms with Gasteiger partial charge in [-0.3, -0.25) is 14.3 Å². The highest BCUT2D eigenvalue weighted by Crippen LogP contribution is 2.25. The highest BCUT2D eigenvalue weighted by Gasteiger charge is 2.26. The van der Waals surface area contributed by atoms with Gasteiger partial charge in [-0.25, -0.2) is 14.2 Å². The van der Waals surface area contributed by atoms with Gasteiger partial charge in [0.05, 0.1) is 17.4 Å². The van der Waals surface area contributed by atoms with Crippen LogP contribution in [0.25, 0.3) is 21.8 Å². The minimum Gasteiger partial charge on any atom is -0.480 e. The van der Waals surface area contributed by atoms with Crippen LogP contribution in [-0.2, 0) is 18.4 Å². The summed E-state index contributed by atoms with van der Waals surface area (Å²) in [6.07, 6.45) is 6.46. The van der Waals surface area contributed by atoms with E-state index in [0.29, 0.717) is 11.9 Å². The molecule has 1 N–H and O–H groups in total. The molecule has 3 heterocycles. The van der Waals surface area contributed by atoms with Crippen LogP contribution < -0.4 is 11.2 Å². The van der Waals surface area contributed by atoms with E-state index >= 15 is 0 Å². The van der Waals surface area contributed by atoms with Gasteiger partial charge in [-0.1, -0.05) is 31.9 Å². The van der Waals surface area contributed by atoms with E-state index in [9.17, 15) is 19.5 Å². The van der Waals surface area contributed by atoms with Gasteiger partial charge in [0, 0.05) is 36.5 Å². The van der Waals surface area contributed by atoms with Crippen LogP contribution in [0.3, 0.4) is 0 Å². The Morgan fingerprint density at radius 1 is 1.19 bits per heavy atom. The van der Waals surface area contributed by atoms with Crippen LogP contribution in [0.1, 0.15) is 43.4 Å². The molecule has 0 aliphatic rings. The van der Waals surface area contributed by atoms with E-state index in [2.05, 4.69) is 4.98 Å². The van der Waals surface area contributed by atoms with Crippen molar-refractivity contribution >= 4 is 27.8 Å². The molecular formula is C24H26N4O4. The summed E-state index contributed by atoms with van der Waals surface area (Å²) in [7, 11) is 1.95. The molecule has 4 aromatic rings. The zero-order chi connectivity index (χ0) is 23.0. The molecule has 3 aromatic heterocycles. The fourth-order valence-electron chi connectivity index (χ4n) is 4.45. The van der Waals surface area contributed by atoms with Crippen molar-refractivity contribution in [1.29, 1.82) is 0 Å². The maximum atomic E-state index is 13.6. The lowest BCUT2D eigenvalue weighted by Crippen LogP contribution is -2.44. The van der Waals surface area contributed by atoms with Crippen LogP contribution in [0.4, 0.5) is 0 Å². The van der Waals surface area contributed by atoms with Crippen molar-refractivity contribution < 1.29 is 9.90 Å². The summed E-state index contributed by atoms with van der Waals surface area (Å²) in [5.74, 6) is -1.19. The molecule has 32 heavy (non-hydrogen) atoms. The number of hydrogen-bond donors (Lipinski definition) is 1. The maximum absolute atomic E-state index is 13.6. The van der Waals surface area contributed by atoms with E-state index in [1.54, 1.807) is 6.07 Å². The van der Waals surface area contributed by atoms with Gasteiger partial charge < -0.3 is 9.67 Å². The van der Waals surface area contributed by atoms with E-state index in [4.69, 9.17) is 0 Å². The second-order valence-corrected chi connectivity index (χ2v) is 8.17. The van der Waals surface area contributed by atoms with Crippen molar-refractivity contribution in [2.45, 2.75) is 45.7 Å². The minimum absolute atomic E-state index is 0.208. The van der Waals surface area contributed by atoms with Crippen molar-refractivity contribution in [2.75, 3.05) is 0 Å². The lowest BCUT2D eigenvalue weighted by molar-refractivity contribution is -0.141. The maximum Gasteiger partial charge on any atom is 0.332 e. The highest BCUT2D eigenvalue weighted by atomic mass is 16.4. The molecule has 0 fully saturated rings. The summed E-state index contributed by atoms with van der Waals surface area (Å²) < 4.78 is 4.38. The summed E-state index contributed by atoms with van der Waals surface area (Å²) in [6, 6.07) is 6.42. The van der Waals surface area contributed by atoms with Crippen molar-refractivity contribution in [3.8, 4) is 0 Å². The molecule has 0 amide bonds. The smallest absolute Gasteiger partial charge is 0.332 e. The molecule has 0 aliphatic carbocycles. The number of carbonyl (C=O) groups is 1. The fraction of sp³-hybridized carbons (Fsp3) is 0.333. The number of benzene rings is 1. The quantitative estimate of drug-likeness (QED) is 0.481. The largest absolute Gasteiger partial charge is 0.480 e. The average Bonchev–Trinajstić information content (AvgIpc) is 3.09. The van der Waals surface area contributed by atoms with E-state index < -0.39 is 23.3 Å². The molecule has 0 radical (unpaired) electrons. The molecule has 8 heteroatoms. The number of carboxylic acids is 1. The normalized spacial score (nSPS) is 12.5. The first-order chi connectivity index (χ1) is 15.3. The Hall–Kier alpha value is -3.68. The van der Waals surface area contributed by atoms with Crippen molar-refractivity contribution in [3.63, 3.8) is 0 Å². The third-order valence-electron chi connectivity index (χ3n) is 6.03. The predicted octanol–water partition coefficient (Wildman–Crippen LogP) is 3.22. The second-order valence-electron chi connectivity index (χ2n) is 8.17. The first-order valence-electron chi connectivity index (χ1n) is 10.7. The molecule has 0 aliphatic heterocycles. The molecule has 0 saturated heterocycles. The van der Waals surface area contributed by atoms with Crippen LogP contribution in [0.2, 0.25) is 0 Å². The number of fused-ring (bicyclic) bond motifs is 2. The van der Waals surface area contributed by atoms with E-state index in [1.165, 1.54) is 17.0 Å². The Bertz CT molecular complexity index is 1440. The van der Waals surface area contributed by atoms with Crippen LogP contribution >= 0.6 is 0 Å². The van der Waals surface area contributed by atoms with Crippen LogP contribution in [0.15, 0.2) is 52.4 Å². The molecule has 8 nitrogen and oxygen atoms in total. The zero-order valence-corrected chi connectivity index (χ0v) is 18.4. The first kappa shape index (κ1) is 21.5. The average molecular weight is 434 g/mol. The van der Waals surface area contributed by atoms with Crippen molar-refractivity contribution in [2.24, 2.45) is 7.05 Å². The topological polar surface area (TPSA) is 99.1 Å². The third kappa shape index (κ3) is 3.51. The minimum atomic E-state index is -1.22. The number of hydrogen-bond acceptors (Lipinski definition) is 4. The molecule has 0 bridgehead atoms. The Morgan fingerprint density at radius 3 is 2.69 bits per heavy atom. The van der Waals surface area contributed by atoms with Gasteiger partial charge in [0.15, 0.2) is 0 Å². The number of aryl methyl sites for hydroxylation is 2. The van der Waals surface area contributed by atoms with Gasteiger partial charge in [-0.2, -0.15) is 0 Å². The van der Waals surface area contributed by atoms with Gasteiger partial charge in [-0.15, -0.1) is 0 Å². The van der Waals surface area contributed by atoms with E-state index in [0.717, 1.165) is 33.0 Å². The Morgan fingerprint density at radius 2 is 1.97 bits per heavy atom. The van der Waals surface area contributed by atoms with Crippen LogP contribution in [-0.4, -0.2) is 29.8 Å². The summed E-state index contributed by atoms with van der Waals surface area (Å²) in [5, 5.41) is 11.1. The molecule has 0 unspecified atom stereocenters. The van der Waals surface area contributed by atoms with Gasteiger partial charge in [-0.05, 0) is 36.6 Å². The molecular weight excluding hydrogens is 408 g/mol. The Labute approximate surface area is 184 Å². The summed E-state index contributed by atoms with van der Waals surface area (Å²) in [4.78, 5) is 42.8. The second kappa shape index (κ2) is 8.45. The van der Waals surface area contributed by atoms with Gasteiger partial charge in [0.1, 0.15) is 6.04 Å². The van der Waals surface area contributed by atoms with E-state index in [-0.39, 0.29) is 18.4 Å². The van der Waals surface area contributed by atoms with E-state index in [1.807, 2.05) is 49.9 Å². The molecule has 166 valence electrons. The molecule has 1 aromatic carbocycles. The fourth-order valence-corrected chi connectivity index (χ4v) is 4.45. The van der Waals surface area contributed by atoms with Gasteiger partial charge >= 0.3 is 11.7 Å². The van der Waals surface area contributed by atoms with Crippen LogP contribution in [0, 0.1) is 6.92 Å². The van der Waals surface area contributed by atoms with Crippen molar-refractivity contribution in [3.05, 3.63) is 74.8 Å². The third-order valence-corrected chi connectivity index (χ3v) is 6.03. The Kier molecular flexibility index (Phi) is 5.69. The lowest BCUT2D eigenvalue weighted by Gasteiger charge is -2.18. The summed E-state index contributed by atoms with van der Waals surface area (Å²) in [6.45, 7) is 4.16. The number of rotatable bonds is 7. The van der Waals surface area contributed by atoms with Crippen molar-refractivity contribution in [1.82, 2.24) is 18.7 Å². The summed E-state index contributed by atoms with van der Waals surface area (Å²) >= 11 is 0. The molecule has 4 rings (SSSR count). The monoisotopic (exact) mass is 434 g/mol. The lowest BCUT2D eigenvalue weighted by atomic mass is 10.1. The SMILES string of the molecule is CCCC[C@H](C(=O)O)n1c(=O)c2cnccc2n(Cc2cn(C)c3cccc(C)c23)c1=O. The van der Waals surface area contributed by atoms with Gasteiger partial charge in [0.2, 0.25) is 0 Å². The summed E-state index contributed by atoms with van der Waals surface area (Å²) in [5.41, 5.74) is 2.24. The molecule has 0 spiro atoms. The number of unbranched alkanes of at least 4 members (excludes halogenated alkanes) is 1. The standard InChI is InChI=1S/C24H26N4O4/c1-4-5-8-20(23(30)31)28-22(29)17-12-25-11-10-18(17)27(24(28)32)14-16-13-26(3)19-9-6-7-15(2)21(16)19/h6-7,9-13,20H,4-5,8,14H2,1-3H3,(H,30,31)/t20-/m1/s1. The van der Waals surface area contributed by atoms with Gasteiger partial charge in [0.25, 0.3) is 5.56 Å². The van der Waals surface area contributed by atoms with Crippen LogP contribution in [0.5, 0.6) is 0 Å².